The maximum Gasteiger partial charge on any atom is 0.0478 e. The predicted molar refractivity (Wildman–Crippen MR) is 98.3 cm³/mol. The molecular weight excluding hydrogens is 272 g/mol. The molecule has 0 aromatic carbocycles. The zero-order valence-corrected chi connectivity index (χ0v) is 15.5. The average Bonchev–Trinajstić information content (AvgIpc) is 2.46. The van der Waals surface area contributed by atoms with Crippen molar-refractivity contribution in [1.82, 2.24) is 5.32 Å². The SMILES string of the molecule is CC(C)CCCCCCCCCCOCCCNCC(C)N. The van der Waals surface area contributed by atoms with Crippen molar-refractivity contribution in [3.05, 3.63) is 0 Å². The number of rotatable bonds is 17. The zero-order valence-electron chi connectivity index (χ0n) is 15.5. The normalized spacial score (nSPS) is 13.0. The van der Waals surface area contributed by atoms with Crippen molar-refractivity contribution in [2.24, 2.45) is 11.7 Å². The molecule has 134 valence electrons. The lowest BCUT2D eigenvalue weighted by molar-refractivity contribution is 0.127. The minimum Gasteiger partial charge on any atom is -0.381 e. The van der Waals surface area contributed by atoms with Gasteiger partial charge in [-0.2, -0.15) is 0 Å². The molecule has 1 unspecified atom stereocenters. The molecule has 0 aliphatic heterocycles. The Morgan fingerprint density at radius 3 is 1.91 bits per heavy atom. The van der Waals surface area contributed by atoms with Gasteiger partial charge in [-0.05, 0) is 32.2 Å². The van der Waals surface area contributed by atoms with E-state index in [4.69, 9.17) is 10.5 Å². The first-order chi connectivity index (χ1) is 10.6. The Bertz CT molecular complexity index is 186. The Balaban J connectivity index is 2.97. The number of ether oxygens (including phenoxy) is 1. The van der Waals surface area contributed by atoms with Crippen LogP contribution in [0.15, 0.2) is 0 Å². The van der Waals surface area contributed by atoms with Crippen molar-refractivity contribution in [1.29, 1.82) is 0 Å². The fourth-order valence-electron chi connectivity index (χ4n) is 2.55. The van der Waals surface area contributed by atoms with E-state index in [0.717, 1.165) is 38.6 Å². The topological polar surface area (TPSA) is 47.3 Å². The Hall–Kier alpha value is -0.120. The van der Waals surface area contributed by atoms with Crippen LogP contribution < -0.4 is 11.1 Å². The van der Waals surface area contributed by atoms with E-state index in [1.807, 2.05) is 6.92 Å². The molecule has 0 radical (unpaired) electrons. The van der Waals surface area contributed by atoms with Crippen molar-refractivity contribution in [3.8, 4) is 0 Å². The van der Waals surface area contributed by atoms with Crippen LogP contribution in [0.4, 0.5) is 0 Å². The van der Waals surface area contributed by atoms with Crippen LogP contribution in [-0.2, 0) is 4.74 Å². The third-order valence-corrected chi connectivity index (χ3v) is 3.93. The molecule has 0 aromatic heterocycles. The van der Waals surface area contributed by atoms with E-state index in [2.05, 4.69) is 19.2 Å². The summed E-state index contributed by atoms with van der Waals surface area (Å²) in [5.74, 6) is 0.875. The van der Waals surface area contributed by atoms with Gasteiger partial charge in [-0.25, -0.2) is 0 Å². The molecule has 0 aliphatic carbocycles. The summed E-state index contributed by atoms with van der Waals surface area (Å²) in [4.78, 5) is 0. The predicted octanol–water partition coefficient (Wildman–Crippen LogP) is 4.50. The molecule has 3 nitrogen and oxygen atoms in total. The van der Waals surface area contributed by atoms with Crippen LogP contribution in [0.2, 0.25) is 0 Å². The van der Waals surface area contributed by atoms with E-state index in [1.165, 1.54) is 57.8 Å². The molecule has 3 heteroatoms. The summed E-state index contributed by atoms with van der Waals surface area (Å²) in [6, 6.07) is 0.246. The lowest BCUT2D eigenvalue weighted by atomic mass is 10.0. The van der Waals surface area contributed by atoms with E-state index < -0.39 is 0 Å². The van der Waals surface area contributed by atoms with Gasteiger partial charge < -0.3 is 15.8 Å². The van der Waals surface area contributed by atoms with E-state index >= 15 is 0 Å². The lowest BCUT2D eigenvalue weighted by Crippen LogP contribution is -2.31. The van der Waals surface area contributed by atoms with Gasteiger partial charge in [0, 0.05) is 25.8 Å². The van der Waals surface area contributed by atoms with Crippen molar-refractivity contribution >= 4 is 0 Å². The summed E-state index contributed by atoms with van der Waals surface area (Å²) < 4.78 is 5.65. The first kappa shape index (κ1) is 21.9. The smallest absolute Gasteiger partial charge is 0.0478 e. The second kappa shape index (κ2) is 17.2. The van der Waals surface area contributed by atoms with Gasteiger partial charge in [-0.15, -0.1) is 0 Å². The fraction of sp³-hybridized carbons (Fsp3) is 1.00. The third kappa shape index (κ3) is 19.9. The quantitative estimate of drug-likeness (QED) is 0.389. The summed E-state index contributed by atoms with van der Waals surface area (Å²) >= 11 is 0. The van der Waals surface area contributed by atoms with Crippen LogP contribution in [-0.4, -0.2) is 32.3 Å². The Morgan fingerprint density at radius 1 is 0.773 bits per heavy atom. The summed E-state index contributed by atoms with van der Waals surface area (Å²) in [6.45, 7) is 10.4. The van der Waals surface area contributed by atoms with E-state index in [-0.39, 0.29) is 6.04 Å². The third-order valence-electron chi connectivity index (χ3n) is 3.93. The van der Waals surface area contributed by atoms with Crippen LogP contribution >= 0.6 is 0 Å². The van der Waals surface area contributed by atoms with Crippen LogP contribution in [0.5, 0.6) is 0 Å². The Labute approximate surface area is 139 Å². The molecule has 0 heterocycles. The zero-order chi connectivity index (χ0) is 16.5. The van der Waals surface area contributed by atoms with Crippen molar-refractivity contribution in [2.45, 2.75) is 91.0 Å². The number of unbranched alkanes of at least 4 members (excludes halogenated alkanes) is 7. The highest BCUT2D eigenvalue weighted by Crippen LogP contribution is 2.12. The molecule has 0 bridgehead atoms. The molecule has 0 spiro atoms. The molecule has 0 saturated carbocycles. The first-order valence-corrected chi connectivity index (χ1v) is 9.67. The minimum absolute atomic E-state index is 0.246. The average molecular weight is 315 g/mol. The summed E-state index contributed by atoms with van der Waals surface area (Å²) in [5, 5.41) is 3.33. The summed E-state index contributed by atoms with van der Waals surface area (Å²) in [7, 11) is 0. The summed E-state index contributed by atoms with van der Waals surface area (Å²) in [5.41, 5.74) is 5.66. The molecule has 0 aromatic rings. The number of hydrogen-bond donors (Lipinski definition) is 2. The maximum atomic E-state index is 5.66. The van der Waals surface area contributed by atoms with Gasteiger partial charge in [0.1, 0.15) is 0 Å². The standard InChI is InChI=1S/C19H42N2O/c1-18(2)13-10-8-6-4-5-7-9-11-15-22-16-12-14-21-17-19(3)20/h18-19,21H,4-17,20H2,1-3H3. The van der Waals surface area contributed by atoms with Crippen molar-refractivity contribution in [2.75, 3.05) is 26.3 Å². The van der Waals surface area contributed by atoms with Gasteiger partial charge in [-0.1, -0.05) is 65.2 Å². The van der Waals surface area contributed by atoms with Gasteiger partial charge in [0.25, 0.3) is 0 Å². The molecule has 22 heavy (non-hydrogen) atoms. The van der Waals surface area contributed by atoms with Gasteiger partial charge >= 0.3 is 0 Å². The number of hydrogen-bond acceptors (Lipinski definition) is 3. The number of nitrogens with two attached hydrogens (primary N) is 1. The highest BCUT2D eigenvalue weighted by Gasteiger charge is 1.96. The Morgan fingerprint density at radius 2 is 1.32 bits per heavy atom. The molecule has 0 saturated heterocycles. The highest BCUT2D eigenvalue weighted by atomic mass is 16.5. The molecule has 0 fully saturated rings. The van der Waals surface area contributed by atoms with E-state index in [1.54, 1.807) is 0 Å². The van der Waals surface area contributed by atoms with Crippen molar-refractivity contribution in [3.63, 3.8) is 0 Å². The van der Waals surface area contributed by atoms with E-state index in [0.29, 0.717) is 0 Å². The van der Waals surface area contributed by atoms with Gasteiger partial charge in [0.2, 0.25) is 0 Å². The number of nitrogens with one attached hydrogen (secondary N) is 1. The summed E-state index contributed by atoms with van der Waals surface area (Å²) in [6.07, 6.45) is 13.5. The van der Waals surface area contributed by atoms with Crippen LogP contribution in [0, 0.1) is 5.92 Å². The Kier molecular flexibility index (Phi) is 17.1. The second-order valence-corrected chi connectivity index (χ2v) is 7.16. The first-order valence-electron chi connectivity index (χ1n) is 9.67. The highest BCUT2D eigenvalue weighted by molar-refractivity contribution is 4.56. The molecule has 3 N–H and O–H groups in total. The minimum atomic E-state index is 0.246. The van der Waals surface area contributed by atoms with Gasteiger partial charge in [-0.3, -0.25) is 0 Å². The monoisotopic (exact) mass is 314 g/mol. The van der Waals surface area contributed by atoms with E-state index in [9.17, 15) is 0 Å². The maximum absolute atomic E-state index is 5.66. The molecule has 0 aliphatic rings. The lowest BCUT2D eigenvalue weighted by Gasteiger charge is -2.08. The van der Waals surface area contributed by atoms with Crippen LogP contribution in [0.25, 0.3) is 0 Å². The fourth-order valence-corrected chi connectivity index (χ4v) is 2.55. The van der Waals surface area contributed by atoms with Gasteiger partial charge in [0.15, 0.2) is 0 Å². The molecular formula is C19H42N2O. The molecule has 0 amide bonds. The second-order valence-electron chi connectivity index (χ2n) is 7.16. The largest absolute Gasteiger partial charge is 0.381 e. The molecule has 1 atom stereocenters. The molecule has 0 rings (SSSR count). The van der Waals surface area contributed by atoms with Crippen molar-refractivity contribution < 1.29 is 4.74 Å². The van der Waals surface area contributed by atoms with Crippen LogP contribution in [0.3, 0.4) is 0 Å². The van der Waals surface area contributed by atoms with Gasteiger partial charge in [0.05, 0.1) is 0 Å². The van der Waals surface area contributed by atoms with Crippen LogP contribution in [0.1, 0.15) is 85.0 Å².